The highest BCUT2D eigenvalue weighted by Gasteiger charge is 2.34. The van der Waals surface area contributed by atoms with Gasteiger partial charge >= 0.3 is 12.1 Å². The number of hydrogen-bond donors (Lipinski definition) is 1. The van der Waals surface area contributed by atoms with Crippen molar-refractivity contribution in [2.24, 2.45) is 0 Å². The van der Waals surface area contributed by atoms with E-state index in [1.807, 2.05) is 32.9 Å². The molecule has 22 heavy (non-hydrogen) atoms. The van der Waals surface area contributed by atoms with Crippen LogP contribution in [0.25, 0.3) is 0 Å². The number of halogens is 1. The van der Waals surface area contributed by atoms with Crippen LogP contribution in [0.15, 0.2) is 22.7 Å². The van der Waals surface area contributed by atoms with E-state index in [1.165, 1.54) is 4.90 Å². The predicted octanol–water partition coefficient (Wildman–Crippen LogP) is 3.98. The molecule has 1 N–H and O–H groups in total. The van der Waals surface area contributed by atoms with Crippen LogP contribution in [0.5, 0.6) is 0 Å². The highest BCUT2D eigenvalue weighted by Crippen LogP contribution is 2.36. The van der Waals surface area contributed by atoms with Crippen molar-refractivity contribution in [3.8, 4) is 0 Å². The largest absolute Gasteiger partial charge is 0.465 e. The fourth-order valence-corrected chi connectivity index (χ4v) is 3.07. The summed E-state index contributed by atoms with van der Waals surface area (Å²) in [5.74, 6) is -0.296. The zero-order valence-corrected chi connectivity index (χ0v) is 14.5. The summed E-state index contributed by atoms with van der Waals surface area (Å²) in [4.78, 5) is 24.7. The van der Waals surface area contributed by atoms with Crippen molar-refractivity contribution in [1.29, 1.82) is 0 Å². The van der Waals surface area contributed by atoms with Crippen molar-refractivity contribution >= 4 is 33.7 Å². The van der Waals surface area contributed by atoms with E-state index in [0.717, 1.165) is 10.0 Å². The molecular weight excluding hydrogens is 350 g/mol. The smallest absolute Gasteiger partial charge is 0.412 e. The summed E-state index contributed by atoms with van der Waals surface area (Å²) >= 11 is 3.40. The molecule has 1 amide bonds. The average molecular weight is 370 g/mol. The molecule has 1 unspecified atom stereocenters. The highest BCUT2D eigenvalue weighted by atomic mass is 79.9. The standard InChI is InChI=1S/C16H20BrNO4/c1-16(2,3)22-14(19)7-5-12-9-10-8-11(17)4-6-13(10)18(12)15(20)21/h4,6,8,12H,5,7,9H2,1-3H3,(H,20,21). The lowest BCUT2D eigenvalue weighted by atomic mass is 10.1. The minimum Gasteiger partial charge on any atom is -0.465 e. The van der Waals surface area contributed by atoms with Gasteiger partial charge in [-0.25, -0.2) is 4.79 Å². The maximum Gasteiger partial charge on any atom is 0.412 e. The monoisotopic (exact) mass is 369 g/mol. The third-order valence-corrected chi connectivity index (χ3v) is 3.92. The maximum absolute atomic E-state index is 11.8. The van der Waals surface area contributed by atoms with Crippen LogP contribution in [0.2, 0.25) is 0 Å². The van der Waals surface area contributed by atoms with Crippen molar-refractivity contribution in [3.63, 3.8) is 0 Å². The molecule has 1 aliphatic rings. The molecule has 1 heterocycles. The van der Waals surface area contributed by atoms with Gasteiger partial charge in [-0.1, -0.05) is 15.9 Å². The lowest BCUT2D eigenvalue weighted by Gasteiger charge is -2.23. The van der Waals surface area contributed by atoms with Crippen LogP contribution in [0.4, 0.5) is 10.5 Å². The van der Waals surface area contributed by atoms with Crippen LogP contribution in [-0.2, 0) is 16.0 Å². The molecule has 0 aromatic heterocycles. The molecule has 0 bridgehead atoms. The molecule has 2 rings (SSSR count). The SMILES string of the molecule is CC(C)(C)OC(=O)CCC1Cc2cc(Br)ccc2N1C(=O)O. The van der Waals surface area contributed by atoms with E-state index in [1.54, 1.807) is 6.07 Å². The number of esters is 1. The molecule has 0 radical (unpaired) electrons. The third-order valence-electron chi connectivity index (χ3n) is 3.43. The quantitative estimate of drug-likeness (QED) is 0.818. The Morgan fingerprint density at radius 1 is 1.41 bits per heavy atom. The number of anilines is 1. The maximum atomic E-state index is 11.8. The van der Waals surface area contributed by atoms with Crippen molar-refractivity contribution in [2.45, 2.75) is 51.7 Å². The molecule has 6 heteroatoms. The Hall–Kier alpha value is -1.56. The van der Waals surface area contributed by atoms with Crippen LogP contribution < -0.4 is 4.90 Å². The van der Waals surface area contributed by atoms with Gasteiger partial charge in [-0.05, 0) is 57.4 Å². The second kappa shape index (κ2) is 6.28. The number of amides is 1. The van der Waals surface area contributed by atoms with Crippen LogP contribution in [0, 0.1) is 0 Å². The highest BCUT2D eigenvalue weighted by molar-refractivity contribution is 9.10. The van der Waals surface area contributed by atoms with Crippen LogP contribution >= 0.6 is 15.9 Å². The summed E-state index contributed by atoms with van der Waals surface area (Å²) in [5, 5.41) is 9.45. The molecule has 0 saturated carbocycles. The second-order valence-electron chi connectivity index (χ2n) is 6.41. The molecule has 1 aromatic rings. The molecule has 0 fully saturated rings. The molecule has 5 nitrogen and oxygen atoms in total. The molecule has 1 aliphatic heterocycles. The Morgan fingerprint density at radius 2 is 2.09 bits per heavy atom. The van der Waals surface area contributed by atoms with E-state index in [-0.39, 0.29) is 18.4 Å². The number of carboxylic acid groups (broad SMARTS) is 1. The van der Waals surface area contributed by atoms with Gasteiger partial charge in [0.2, 0.25) is 0 Å². The number of carbonyl (C=O) groups excluding carboxylic acids is 1. The van der Waals surface area contributed by atoms with E-state index >= 15 is 0 Å². The van der Waals surface area contributed by atoms with Gasteiger partial charge in [0.15, 0.2) is 0 Å². The number of fused-ring (bicyclic) bond motifs is 1. The van der Waals surface area contributed by atoms with Crippen LogP contribution in [0.1, 0.15) is 39.2 Å². The van der Waals surface area contributed by atoms with Gasteiger partial charge in [-0.2, -0.15) is 0 Å². The number of rotatable bonds is 3. The number of hydrogen-bond acceptors (Lipinski definition) is 3. The van der Waals surface area contributed by atoms with Crippen molar-refractivity contribution in [3.05, 3.63) is 28.2 Å². The summed E-state index contributed by atoms with van der Waals surface area (Å²) in [6, 6.07) is 5.32. The second-order valence-corrected chi connectivity index (χ2v) is 7.32. The van der Waals surface area contributed by atoms with Gasteiger partial charge < -0.3 is 9.84 Å². The Balaban J connectivity index is 2.06. The van der Waals surface area contributed by atoms with Gasteiger partial charge in [0, 0.05) is 16.9 Å². The van der Waals surface area contributed by atoms with E-state index in [2.05, 4.69) is 15.9 Å². The fourth-order valence-electron chi connectivity index (χ4n) is 2.66. The molecule has 120 valence electrons. The van der Waals surface area contributed by atoms with Crippen LogP contribution in [0.3, 0.4) is 0 Å². The van der Waals surface area contributed by atoms with Gasteiger partial charge in [-0.15, -0.1) is 0 Å². The van der Waals surface area contributed by atoms with Crippen molar-refractivity contribution in [2.75, 3.05) is 4.90 Å². The lowest BCUT2D eigenvalue weighted by molar-refractivity contribution is -0.155. The fraction of sp³-hybridized carbons (Fsp3) is 0.500. The summed E-state index contributed by atoms with van der Waals surface area (Å²) in [6.07, 6.45) is 0.286. The summed E-state index contributed by atoms with van der Waals surface area (Å²) in [6.45, 7) is 5.45. The number of nitrogens with zero attached hydrogens (tertiary/aromatic N) is 1. The number of benzene rings is 1. The number of ether oxygens (including phenoxy) is 1. The minimum atomic E-state index is -0.990. The van der Waals surface area contributed by atoms with Crippen LogP contribution in [-0.4, -0.2) is 28.8 Å². The molecule has 1 atom stereocenters. The minimum absolute atomic E-state index is 0.209. The summed E-state index contributed by atoms with van der Waals surface area (Å²) in [5.41, 5.74) is 1.16. The third kappa shape index (κ3) is 4.00. The zero-order valence-electron chi connectivity index (χ0n) is 12.9. The molecule has 0 saturated heterocycles. The normalized spacial score (nSPS) is 17.3. The zero-order chi connectivity index (χ0) is 16.5. The lowest BCUT2D eigenvalue weighted by Crippen LogP contribution is -2.37. The predicted molar refractivity (Wildman–Crippen MR) is 87.2 cm³/mol. The average Bonchev–Trinajstić information content (AvgIpc) is 2.71. The van der Waals surface area contributed by atoms with E-state index in [9.17, 15) is 14.7 Å². The first kappa shape index (κ1) is 16.8. The van der Waals surface area contributed by atoms with E-state index < -0.39 is 11.7 Å². The molecular formula is C16H20BrNO4. The molecule has 0 spiro atoms. The Kier molecular flexibility index (Phi) is 4.80. The first-order chi connectivity index (χ1) is 10.2. The Morgan fingerprint density at radius 3 is 2.68 bits per heavy atom. The Bertz CT molecular complexity index is 594. The van der Waals surface area contributed by atoms with E-state index in [4.69, 9.17) is 4.74 Å². The number of carbonyl (C=O) groups is 2. The van der Waals surface area contributed by atoms with Gasteiger partial charge in [0.1, 0.15) is 5.60 Å². The first-order valence-corrected chi connectivity index (χ1v) is 7.99. The van der Waals surface area contributed by atoms with Gasteiger partial charge in [0.25, 0.3) is 0 Å². The topological polar surface area (TPSA) is 66.8 Å². The van der Waals surface area contributed by atoms with Gasteiger partial charge in [-0.3, -0.25) is 9.69 Å². The summed E-state index contributed by atoms with van der Waals surface area (Å²) < 4.78 is 6.20. The van der Waals surface area contributed by atoms with Crippen molar-refractivity contribution in [1.82, 2.24) is 0 Å². The molecule has 1 aromatic carbocycles. The summed E-state index contributed by atoms with van der Waals surface area (Å²) in [7, 11) is 0. The first-order valence-electron chi connectivity index (χ1n) is 7.20. The van der Waals surface area contributed by atoms with Crippen molar-refractivity contribution < 1.29 is 19.4 Å². The van der Waals surface area contributed by atoms with Gasteiger partial charge in [0.05, 0.1) is 5.69 Å². The Labute approximate surface area is 138 Å². The molecule has 0 aliphatic carbocycles. The van der Waals surface area contributed by atoms with E-state index in [0.29, 0.717) is 18.5 Å².